The zero-order valence-corrected chi connectivity index (χ0v) is 13.7. The third-order valence-electron chi connectivity index (χ3n) is 3.97. The van der Waals surface area contributed by atoms with Crippen molar-refractivity contribution >= 4 is 22.4 Å². The quantitative estimate of drug-likeness (QED) is 0.562. The summed E-state index contributed by atoms with van der Waals surface area (Å²) in [5.74, 6) is 1.06. The molecule has 0 unspecified atom stereocenters. The van der Waals surface area contributed by atoms with Crippen LogP contribution in [0.25, 0.3) is 21.7 Å². The largest absolute Gasteiger partial charge is 0.330 e. The maximum atomic E-state index is 4.52. The molecule has 0 N–H and O–H groups in total. The first-order valence-corrected chi connectivity index (χ1v) is 8.55. The van der Waals surface area contributed by atoms with Crippen LogP contribution in [0.4, 0.5) is 0 Å². The predicted molar refractivity (Wildman–Crippen MR) is 92.4 cm³/mol. The van der Waals surface area contributed by atoms with E-state index in [4.69, 9.17) is 0 Å². The average molecular weight is 323 g/mol. The number of rotatable bonds is 5. The summed E-state index contributed by atoms with van der Waals surface area (Å²) in [5.41, 5.74) is 3.32. The van der Waals surface area contributed by atoms with Crippen LogP contribution in [0.15, 0.2) is 48.1 Å². The Bertz CT molecular complexity index is 933. The van der Waals surface area contributed by atoms with Gasteiger partial charge in [0.2, 0.25) is 0 Å². The lowest BCUT2D eigenvalue weighted by atomic mass is 10.3. The third-order valence-corrected chi connectivity index (χ3v) is 4.98. The van der Waals surface area contributed by atoms with Crippen LogP contribution in [0.5, 0.6) is 0 Å². The molecule has 0 saturated heterocycles. The molecule has 3 aromatic heterocycles. The zero-order valence-electron chi connectivity index (χ0n) is 12.9. The van der Waals surface area contributed by atoms with Crippen molar-refractivity contribution in [3.63, 3.8) is 0 Å². The first-order valence-electron chi connectivity index (χ1n) is 7.67. The molecule has 4 aromatic rings. The van der Waals surface area contributed by atoms with Gasteiger partial charge in [-0.1, -0.05) is 17.3 Å². The molecule has 1 aromatic carbocycles. The van der Waals surface area contributed by atoms with Crippen LogP contribution >= 0.6 is 11.3 Å². The summed E-state index contributed by atoms with van der Waals surface area (Å²) in [7, 11) is 0. The maximum Gasteiger partial charge on any atom is 0.150 e. The lowest BCUT2D eigenvalue weighted by molar-refractivity contribution is 0.527. The molecule has 0 fully saturated rings. The number of hydrogen-bond donors (Lipinski definition) is 0. The monoisotopic (exact) mass is 323 g/mol. The lowest BCUT2D eigenvalue weighted by Crippen LogP contribution is -2.06. The van der Waals surface area contributed by atoms with E-state index in [0.29, 0.717) is 0 Å². The Morgan fingerprint density at radius 3 is 2.91 bits per heavy atom. The van der Waals surface area contributed by atoms with E-state index in [1.165, 1.54) is 10.4 Å². The summed E-state index contributed by atoms with van der Waals surface area (Å²) in [6.45, 7) is 3.90. The number of aromatic nitrogens is 5. The molecule has 116 valence electrons. The van der Waals surface area contributed by atoms with Crippen molar-refractivity contribution in [3.05, 3.63) is 53.7 Å². The number of fused-ring (bicyclic) bond motifs is 1. The number of aryl methyl sites for hydroxylation is 3. The molecule has 4 rings (SSSR count). The second kappa shape index (κ2) is 5.96. The molecular weight excluding hydrogens is 306 g/mol. The number of imidazole rings is 1. The molecule has 0 aliphatic carbocycles. The molecule has 0 amide bonds. The van der Waals surface area contributed by atoms with E-state index in [1.54, 1.807) is 11.3 Å². The molecule has 23 heavy (non-hydrogen) atoms. The molecule has 0 radical (unpaired) electrons. The number of nitrogens with zero attached hydrogens (tertiary/aromatic N) is 5. The third kappa shape index (κ3) is 2.66. The van der Waals surface area contributed by atoms with Crippen LogP contribution in [0.2, 0.25) is 0 Å². The number of para-hydroxylation sites is 1. The fraction of sp³-hybridized carbons (Fsp3) is 0.235. The fourth-order valence-electron chi connectivity index (χ4n) is 2.77. The van der Waals surface area contributed by atoms with Gasteiger partial charge in [-0.25, -0.2) is 9.67 Å². The lowest BCUT2D eigenvalue weighted by Gasteiger charge is -2.08. The van der Waals surface area contributed by atoms with Crippen LogP contribution in [-0.4, -0.2) is 24.5 Å². The molecular formula is C17H17N5S. The first-order chi connectivity index (χ1) is 11.3. The van der Waals surface area contributed by atoms with E-state index < -0.39 is 0 Å². The molecule has 3 heterocycles. The highest BCUT2D eigenvalue weighted by Crippen LogP contribution is 2.27. The number of thiophene rings is 1. The van der Waals surface area contributed by atoms with Gasteiger partial charge < -0.3 is 4.57 Å². The van der Waals surface area contributed by atoms with Crippen molar-refractivity contribution in [1.82, 2.24) is 24.5 Å². The van der Waals surface area contributed by atoms with Crippen molar-refractivity contribution < 1.29 is 0 Å². The van der Waals surface area contributed by atoms with E-state index in [1.807, 2.05) is 35.3 Å². The highest BCUT2D eigenvalue weighted by atomic mass is 32.1. The molecule has 0 spiro atoms. The molecule has 0 aliphatic rings. The second-order valence-electron chi connectivity index (χ2n) is 5.53. The summed E-state index contributed by atoms with van der Waals surface area (Å²) in [4.78, 5) is 5.77. The van der Waals surface area contributed by atoms with E-state index in [-0.39, 0.29) is 0 Å². The molecule has 6 heteroatoms. The zero-order chi connectivity index (χ0) is 15.6. The summed E-state index contributed by atoms with van der Waals surface area (Å²) >= 11 is 1.74. The molecule has 0 atom stereocenters. The smallest absolute Gasteiger partial charge is 0.150 e. The Balaban J connectivity index is 1.48. The Kier molecular flexibility index (Phi) is 3.67. The minimum Gasteiger partial charge on any atom is -0.330 e. The van der Waals surface area contributed by atoms with Crippen LogP contribution in [0.1, 0.15) is 12.0 Å². The number of hydrogen-bond acceptors (Lipinski definition) is 4. The maximum absolute atomic E-state index is 4.52. The fourth-order valence-corrected chi connectivity index (χ4v) is 3.71. The minimum atomic E-state index is 0.849. The normalized spacial score (nSPS) is 11.3. The van der Waals surface area contributed by atoms with E-state index in [2.05, 4.69) is 44.3 Å². The van der Waals surface area contributed by atoms with Crippen LogP contribution in [-0.2, 0) is 13.1 Å². The van der Waals surface area contributed by atoms with Gasteiger partial charge in [0.25, 0.3) is 0 Å². The van der Waals surface area contributed by atoms with Gasteiger partial charge in [0.15, 0.2) is 0 Å². The second-order valence-corrected chi connectivity index (χ2v) is 6.45. The van der Waals surface area contributed by atoms with Gasteiger partial charge in [0, 0.05) is 25.5 Å². The molecule has 5 nitrogen and oxygen atoms in total. The van der Waals surface area contributed by atoms with Gasteiger partial charge in [0.05, 0.1) is 10.4 Å². The predicted octanol–water partition coefficient (Wildman–Crippen LogP) is 3.76. The van der Waals surface area contributed by atoms with Gasteiger partial charge in [-0.3, -0.25) is 0 Å². The highest BCUT2D eigenvalue weighted by molar-refractivity contribution is 7.13. The average Bonchev–Trinajstić information content (AvgIpc) is 3.27. The van der Waals surface area contributed by atoms with E-state index >= 15 is 0 Å². The topological polar surface area (TPSA) is 48.5 Å². The van der Waals surface area contributed by atoms with Gasteiger partial charge in [-0.05, 0) is 42.5 Å². The van der Waals surface area contributed by atoms with Gasteiger partial charge >= 0.3 is 0 Å². The van der Waals surface area contributed by atoms with Gasteiger partial charge in [0.1, 0.15) is 11.3 Å². The molecule has 0 aliphatic heterocycles. The standard InChI is InChI=1S/C17H17N5S/c1-13-7-12-23-16(13)17-18-8-11-21(17)9-4-10-22-15-6-3-2-5-14(15)19-20-22/h2-3,5-8,11-12H,4,9-10H2,1H3. The number of benzene rings is 1. The van der Waals surface area contributed by atoms with Crippen LogP contribution in [0.3, 0.4) is 0 Å². The van der Waals surface area contributed by atoms with Crippen LogP contribution in [0, 0.1) is 6.92 Å². The Morgan fingerprint density at radius 2 is 2.04 bits per heavy atom. The van der Waals surface area contributed by atoms with E-state index in [0.717, 1.165) is 36.4 Å². The highest BCUT2D eigenvalue weighted by Gasteiger charge is 2.10. The van der Waals surface area contributed by atoms with Gasteiger partial charge in [-0.15, -0.1) is 16.4 Å². The Labute approximate surface area is 138 Å². The SMILES string of the molecule is Cc1ccsc1-c1nccn1CCCn1nnc2ccccc21. The van der Waals surface area contributed by atoms with Crippen molar-refractivity contribution in [2.24, 2.45) is 0 Å². The van der Waals surface area contributed by atoms with Crippen LogP contribution < -0.4 is 0 Å². The Morgan fingerprint density at radius 1 is 1.13 bits per heavy atom. The summed E-state index contributed by atoms with van der Waals surface area (Å²) < 4.78 is 4.19. The Hall–Kier alpha value is -2.47. The van der Waals surface area contributed by atoms with Crippen molar-refractivity contribution in [3.8, 4) is 10.7 Å². The summed E-state index contributed by atoms with van der Waals surface area (Å²) in [6.07, 6.45) is 4.91. The summed E-state index contributed by atoms with van der Waals surface area (Å²) in [6, 6.07) is 10.2. The van der Waals surface area contributed by atoms with E-state index in [9.17, 15) is 0 Å². The van der Waals surface area contributed by atoms with Gasteiger partial charge in [-0.2, -0.15) is 0 Å². The summed E-state index contributed by atoms with van der Waals surface area (Å²) in [5, 5.41) is 10.6. The van der Waals surface area contributed by atoms with Crippen molar-refractivity contribution in [2.75, 3.05) is 0 Å². The van der Waals surface area contributed by atoms with Crippen molar-refractivity contribution in [2.45, 2.75) is 26.4 Å². The molecule has 0 bridgehead atoms. The first kappa shape index (κ1) is 14.1. The minimum absolute atomic E-state index is 0.849. The van der Waals surface area contributed by atoms with Crippen molar-refractivity contribution in [1.29, 1.82) is 0 Å². The molecule has 0 saturated carbocycles.